The number of ether oxygens (including phenoxy) is 2. The van der Waals surface area contributed by atoms with E-state index in [1.54, 1.807) is 12.3 Å². The van der Waals surface area contributed by atoms with E-state index in [0.29, 0.717) is 57.2 Å². The summed E-state index contributed by atoms with van der Waals surface area (Å²) >= 11 is 0. The molecule has 182 valence electrons. The van der Waals surface area contributed by atoms with E-state index in [0.717, 1.165) is 24.8 Å². The molecule has 0 bridgehead atoms. The predicted molar refractivity (Wildman–Crippen MR) is 133 cm³/mol. The van der Waals surface area contributed by atoms with E-state index in [1.165, 1.54) is 10.9 Å². The first kappa shape index (κ1) is 23.3. The molecule has 2 fully saturated rings. The Hall–Kier alpha value is -3.45. The maximum Gasteiger partial charge on any atom is 0.254 e. The van der Waals surface area contributed by atoms with Crippen LogP contribution in [0.3, 0.4) is 0 Å². The van der Waals surface area contributed by atoms with E-state index in [4.69, 9.17) is 9.47 Å². The van der Waals surface area contributed by atoms with Gasteiger partial charge in [0.05, 0.1) is 19.8 Å². The fourth-order valence-electron chi connectivity index (χ4n) is 4.90. The molecule has 0 radical (unpaired) electrons. The van der Waals surface area contributed by atoms with E-state index >= 15 is 0 Å². The summed E-state index contributed by atoms with van der Waals surface area (Å²) in [5.41, 5.74) is 1.83. The monoisotopic (exact) mass is 473 g/mol. The minimum atomic E-state index is -0.0108. The largest absolute Gasteiger partial charge is 0.492 e. The molecule has 2 amide bonds. The summed E-state index contributed by atoms with van der Waals surface area (Å²) in [5, 5.41) is 2.30. The molecule has 2 aliphatic heterocycles. The van der Waals surface area contributed by atoms with Crippen LogP contribution in [0.1, 0.15) is 28.8 Å². The first-order valence-electron chi connectivity index (χ1n) is 12.4. The second kappa shape index (κ2) is 10.9. The third kappa shape index (κ3) is 5.80. The van der Waals surface area contributed by atoms with Gasteiger partial charge in [-0.3, -0.25) is 14.6 Å². The van der Waals surface area contributed by atoms with Gasteiger partial charge in [-0.05, 0) is 54.1 Å². The molecule has 3 aromatic rings. The van der Waals surface area contributed by atoms with Crippen molar-refractivity contribution in [1.82, 2.24) is 14.8 Å². The number of amides is 2. The van der Waals surface area contributed by atoms with Crippen LogP contribution in [0.5, 0.6) is 5.75 Å². The molecule has 1 atom stereocenters. The van der Waals surface area contributed by atoms with E-state index in [1.807, 2.05) is 40.3 Å². The summed E-state index contributed by atoms with van der Waals surface area (Å²) in [6, 6.07) is 15.8. The summed E-state index contributed by atoms with van der Waals surface area (Å²) in [5.74, 6) is 1.04. The van der Waals surface area contributed by atoms with Gasteiger partial charge in [-0.2, -0.15) is 0 Å². The Bertz CT molecular complexity index is 1200. The first-order valence-corrected chi connectivity index (χ1v) is 12.4. The van der Waals surface area contributed by atoms with Crippen molar-refractivity contribution >= 4 is 22.6 Å². The molecule has 35 heavy (non-hydrogen) atoms. The second-order valence-electron chi connectivity index (χ2n) is 9.31. The van der Waals surface area contributed by atoms with Gasteiger partial charge in [-0.1, -0.05) is 18.2 Å². The lowest BCUT2D eigenvalue weighted by Gasteiger charge is -2.24. The van der Waals surface area contributed by atoms with Gasteiger partial charge < -0.3 is 19.3 Å². The zero-order chi connectivity index (χ0) is 24.0. The fraction of sp³-hybridized carbons (Fsp3) is 0.393. The van der Waals surface area contributed by atoms with Gasteiger partial charge in [-0.15, -0.1) is 0 Å². The Labute approximate surface area is 205 Å². The molecule has 3 heterocycles. The maximum absolute atomic E-state index is 13.4. The Balaban J connectivity index is 1.21. The van der Waals surface area contributed by atoms with Crippen molar-refractivity contribution in [3.05, 3.63) is 72.1 Å². The van der Waals surface area contributed by atoms with E-state index in [-0.39, 0.29) is 17.7 Å². The van der Waals surface area contributed by atoms with Gasteiger partial charge in [0, 0.05) is 55.3 Å². The number of nitrogens with zero attached hydrogens (tertiary/aromatic N) is 3. The normalized spacial score (nSPS) is 18.6. The number of rotatable bonds is 7. The van der Waals surface area contributed by atoms with Crippen molar-refractivity contribution in [3.8, 4) is 5.75 Å². The summed E-state index contributed by atoms with van der Waals surface area (Å²) in [6.07, 6.45) is 6.08. The van der Waals surface area contributed by atoms with Crippen LogP contribution in [0.2, 0.25) is 0 Å². The molecule has 0 saturated carbocycles. The van der Waals surface area contributed by atoms with Crippen LogP contribution in [0.15, 0.2) is 60.9 Å². The summed E-state index contributed by atoms with van der Waals surface area (Å²) in [4.78, 5) is 33.1. The molecule has 1 aromatic heterocycles. The molecule has 0 N–H and O–H groups in total. The van der Waals surface area contributed by atoms with E-state index in [9.17, 15) is 9.59 Å². The summed E-state index contributed by atoms with van der Waals surface area (Å²) < 4.78 is 11.7. The number of carbonyl (C=O) groups excluding carboxylic acids is 2. The lowest BCUT2D eigenvalue weighted by molar-refractivity contribution is -0.128. The summed E-state index contributed by atoms with van der Waals surface area (Å²) in [7, 11) is 0. The maximum atomic E-state index is 13.4. The van der Waals surface area contributed by atoms with Crippen LogP contribution >= 0.6 is 0 Å². The van der Waals surface area contributed by atoms with Crippen molar-refractivity contribution in [1.29, 1.82) is 0 Å². The van der Waals surface area contributed by atoms with E-state index in [2.05, 4.69) is 23.2 Å². The molecule has 0 aliphatic carbocycles. The smallest absolute Gasteiger partial charge is 0.254 e. The highest BCUT2D eigenvalue weighted by Gasteiger charge is 2.24. The lowest BCUT2D eigenvalue weighted by Crippen LogP contribution is -2.36. The highest BCUT2D eigenvalue weighted by atomic mass is 16.5. The molecular weight excluding hydrogens is 442 g/mol. The Kier molecular flexibility index (Phi) is 7.23. The van der Waals surface area contributed by atoms with Crippen molar-refractivity contribution in [2.45, 2.75) is 19.3 Å². The Morgan fingerprint density at radius 3 is 2.94 bits per heavy atom. The molecule has 2 aliphatic rings. The van der Waals surface area contributed by atoms with Crippen molar-refractivity contribution in [2.75, 3.05) is 46.0 Å². The molecule has 0 spiro atoms. The molecule has 7 nitrogen and oxygen atoms in total. The van der Waals surface area contributed by atoms with Crippen LogP contribution in [0.4, 0.5) is 0 Å². The fourth-order valence-corrected chi connectivity index (χ4v) is 4.90. The van der Waals surface area contributed by atoms with Crippen molar-refractivity contribution in [2.24, 2.45) is 5.92 Å². The number of fused-ring (bicyclic) bond motifs is 1. The standard InChI is InChI=1S/C28H31N3O4/c32-27-5-2-10-30(27)12-14-35-26-4-1-3-24(17-26)28(33)31-11-13-34-20-22(19-31)15-21-6-7-23-8-9-29-18-25(23)16-21/h1,3-4,6-9,16-18,22H,2,5,10-15,19-20H2. The third-order valence-corrected chi connectivity index (χ3v) is 6.74. The van der Waals surface area contributed by atoms with Gasteiger partial charge in [0.25, 0.3) is 5.91 Å². The number of likely N-dealkylation sites (tertiary alicyclic amines) is 1. The van der Waals surface area contributed by atoms with Crippen LogP contribution in [-0.2, 0) is 16.0 Å². The van der Waals surface area contributed by atoms with Gasteiger partial charge in [-0.25, -0.2) is 0 Å². The number of pyridine rings is 1. The highest BCUT2D eigenvalue weighted by molar-refractivity contribution is 5.94. The number of carbonyl (C=O) groups is 2. The SMILES string of the molecule is O=C1CCCN1CCOc1cccc(C(=O)N2CCOCC(Cc3ccc4ccncc4c3)C2)c1. The van der Waals surface area contributed by atoms with E-state index < -0.39 is 0 Å². The van der Waals surface area contributed by atoms with Crippen LogP contribution < -0.4 is 4.74 Å². The second-order valence-corrected chi connectivity index (χ2v) is 9.31. The third-order valence-electron chi connectivity index (χ3n) is 6.74. The van der Waals surface area contributed by atoms with Crippen molar-refractivity contribution < 1.29 is 19.1 Å². The van der Waals surface area contributed by atoms with Gasteiger partial charge >= 0.3 is 0 Å². The number of hydrogen-bond acceptors (Lipinski definition) is 5. The minimum Gasteiger partial charge on any atom is -0.492 e. The van der Waals surface area contributed by atoms with Crippen molar-refractivity contribution in [3.63, 3.8) is 0 Å². The quantitative estimate of drug-likeness (QED) is 0.525. The first-order chi connectivity index (χ1) is 17.2. The van der Waals surface area contributed by atoms with Crippen LogP contribution in [0, 0.1) is 5.92 Å². The lowest BCUT2D eigenvalue weighted by atomic mass is 9.97. The molecule has 2 saturated heterocycles. The van der Waals surface area contributed by atoms with Gasteiger partial charge in [0.1, 0.15) is 12.4 Å². The predicted octanol–water partition coefficient (Wildman–Crippen LogP) is 3.57. The van der Waals surface area contributed by atoms with Crippen LogP contribution in [0.25, 0.3) is 10.8 Å². The zero-order valence-electron chi connectivity index (χ0n) is 19.9. The average molecular weight is 474 g/mol. The Morgan fingerprint density at radius 2 is 2.06 bits per heavy atom. The molecule has 5 rings (SSSR count). The van der Waals surface area contributed by atoms with Gasteiger partial charge in [0.2, 0.25) is 5.91 Å². The minimum absolute atomic E-state index is 0.0108. The summed E-state index contributed by atoms with van der Waals surface area (Å²) in [6.45, 7) is 4.18. The molecular formula is C28H31N3O4. The topological polar surface area (TPSA) is 72.0 Å². The van der Waals surface area contributed by atoms with Crippen LogP contribution in [-0.4, -0.2) is 72.6 Å². The van der Waals surface area contributed by atoms with Gasteiger partial charge in [0.15, 0.2) is 0 Å². The average Bonchev–Trinajstić information content (AvgIpc) is 3.15. The highest BCUT2D eigenvalue weighted by Crippen LogP contribution is 2.21. The number of benzene rings is 2. The Morgan fingerprint density at radius 1 is 1.11 bits per heavy atom. The zero-order valence-corrected chi connectivity index (χ0v) is 19.9. The molecule has 1 unspecified atom stereocenters. The molecule has 7 heteroatoms. The molecule has 2 aromatic carbocycles. The number of hydrogen-bond donors (Lipinski definition) is 0. The number of aromatic nitrogens is 1.